The Kier molecular flexibility index (Phi) is 11.1. The second-order valence-electron chi connectivity index (χ2n) is 9.47. The zero-order valence-corrected chi connectivity index (χ0v) is 25.9. The van der Waals surface area contributed by atoms with Gasteiger partial charge in [0.1, 0.15) is 12.6 Å². The molecule has 214 valence electrons. The SMILES string of the molecule is CC(C)CNC(=O)C(C)N(Cc1ccc(Cl)cc1Cl)C(=O)CN(c1cccc(Cl)c1Cl)S(=O)(=O)c1ccccc1. The van der Waals surface area contributed by atoms with Gasteiger partial charge >= 0.3 is 0 Å². The molecule has 7 nitrogen and oxygen atoms in total. The molecule has 1 N–H and O–H groups in total. The highest BCUT2D eigenvalue weighted by Crippen LogP contribution is 2.35. The number of rotatable bonds is 11. The van der Waals surface area contributed by atoms with Gasteiger partial charge in [-0.15, -0.1) is 0 Å². The topological polar surface area (TPSA) is 86.8 Å². The molecule has 1 unspecified atom stereocenters. The van der Waals surface area contributed by atoms with Crippen LogP contribution < -0.4 is 9.62 Å². The number of hydrogen-bond donors (Lipinski definition) is 1. The number of halogens is 4. The lowest BCUT2D eigenvalue weighted by Gasteiger charge is -2.32. The highest BCUT2D eigenvalue weighted by Gasteiger charge is 2.34. The lowest BCUT2D eigenvalue weighted by atomic mass is 10.1. The van der Waals surface area contributed by atoms with E-state index in [0.717, 1.165) is 4.31 Å². The molecule has 0 aliphatic rings. The van der Waals surface area contributed by atoms with E-state index in [9.17, 15) is 18.0 Å². The standard InChI is InChI=1S/C28H29Cl4N3O4S/c1-18(2)15-33-28(37)19(3)34(16-20-12-13-21(29)14-24(20)31)26(36)17-35(25-11-7-10-23(30)27(25)32)40(38,39)22-8-5-4-6-9-22/h4-14,18-19H,15-17H2,1-3H3,(H,33,37). The van der Waals surface area contributed by atoms with Crippen molar-refractivity contribution in [1.29, 1.82) is 0 Å². The Morgan fingerprint density at radius 3 is 2.17 bits per heavy atom. The van der Waals surface area contributed by atoms with Crippen molar-refractivity contribution >= 4 is 73.9 Å². The molecule has 0 fully saturated rings. The number of nitrogens with zero attached hydrogens (tertiary/aromatic N) is 2. The molecule has 0 aromatic heterocycles. The van der Waals surface area contributed by atoms with Gasteiger partial charge < -0.3 is 10.2 Å². The maximum atomic E-state index is 14.0. The summed E-state index contributed by atoms with van der Waals surface area (Å²) in [6.07, 6.45) is 0. The summed E-state index contributed by atoms with van der Waals surface area (Å²) in [5.74, 6) is -0.873. The third kappa shape index (κ3) is 7.83. The molecule has 0 aliphatic heterocycles. The Hall–Kier alpha value is -2.49. The third-order valence-corrected chi connectivity index (χ3v) is 9.19. The predicted octanol–water partition coefficient (Wildman–Crippen LogP) is 6.69. The van der Waals surface area contributed by atoms with Crippen LogP contribution in [0.1, 0.15) is 26.3 Å². The summed E-state index contributed by atoms with van der Waals surface area (Å²) >= 11 is 25.1. The zero-order chi connectivity index (χ0) is 29.6. The molecule has 40 heavy (non-hydrogen) atoms. The van der Waals surface area contributed by atoms with Gasteiger partial charge in [-0.3, -0.25) is 13.9 Å². The first-order valence-corrected chi connectivity index (χ1v) is 15.3. The van der Waals surface area contributed by atoms with Gasteiger partial charge in [0.05, 0.1) is 20.6 Å². The van der Waals surface area contributed by atoms with Crippen molar-refractivity contribution < 1.29 is 18.0 Å². The van der Waals surface area contributed by atoms with Crippen LogP contribution in [-0.4, -0.2) is 44.3 Å². The number of carbonyl (C=O) groups is 2. The lowest BCUT2D eigenvalue weighted by Crippen LogP contribution is -2.51. The first-order chi connectivity index (χ1) is 18.8. The van der Waals surface area contributed by atoms with Gasteiger partial charge in [0.2, 0.25) is 11.8 Å². The van der Waals surface area contributed by atoms with Crippen LogP contribution in [-0.2, 0) is 26.2 Å². The van der Waals surface area contributed by atoms with Crippen molar-refractivity contribution in [2.24, 2.45) is 5.92 Å². The second-order valence-corrected chi connectivity index (χ2v) is 13.0. The van der Waals surface area contributed by atoms with Crippen LogP contribution in [0.4, 0.5) is 5.69 Å². The average Bonchev–Trinajstić information content (AvgIpc) is 2.91. The smallest absolute Gasteiger partial charge is 0.264 e. The number of hydrogen-bond acceptors (Lipinski definition) is 4. The summed E-state index contributed by atoms with van der Waals surface area (Å²) in [6.45, 7) is 5.13. The van der Waals surface area contributed by atoms with Crippen LogP contribution >= 0.6 is 46.4 Å². The summed E-state index contributed by atoms with van der Waals surface area (Å²) < 4.78 is 28.5. The van der Waals surface area contributed by atoms with Crippen LogP contribution in [0, 0.1) is 5.92 Å². The summed E-state index contributed by atoms with van der Waals surface area (Å²) in [5, 5.41) is 3.61. The summed E-state index contributed by atoms with van der Waals surface area (Å²) in [5.41, 5.74) is 0.550. The van der Waals surface area contributed by atoms with Crippen molar-refractivity contribution in [3.05, 3.63) is 92.4 Å². The van der Waals surface area contributed by atoms with Gasteiger partial charge in [0.25, 0.3) is 10.0 Å². The molecule has 0 saturated heterocycles. The minimum atomic E-state index is -4.28. The largest absolute Gasteiger partial charge is 0.354 e. The molecule has 2 amide bonds. The molecule has 0 bridgehead atoms. The second kappa shape index (κ2) is 13.9. The number of amides is 2. The molecule has 12 heteroatoms. The van der Waals surface area contributed by atoms with E-state index in [0.29, 0.717) is 22.2 Å². The van der Waals surface area contributed by atoms with Crippen molar-refractivity contribution in [3.63, 3.8) is 0 Å². The normalized spacial score (nSPS) is 12.2. The van der Waals surface area contributed by atoms with Gasteiger partial charge in [0, 0.05) is 23.1 Å². The first kappa shape index (κ1) is 32.0. The third-order valence-electron chi connectivity index (χ3n) is 6.02. The van der Waals surface area contributed by atoms with E-state index in [2.05, 4.69) is 5.32 Å². The van der Waals surface area contributed by atoms with Gasteiger partial charge in [-0.25, -0.2) is 8.42 Å². The van der Waals surface area contributed by atoms with E-state index in [1.165, 1.54) is 41.3 Å². The van der Waals surface area contributed by atoms with E-state index >= 15 is 0 Å². The monoisotopic (exact) mass is 643 g/mol. The van der Waals surface area contributed by atoms with E-state index in [1.54, 1.807) is 37.3 Å². The molecule has 3 aromatic carbocycles. The van der Waals surface area contributed by atoms with Crippen LogP contribution in [0.3, 0.4) is 0 Å². The Balaban J connectivity index is 2.07. The molecular weight excluding hydrogens is 616 g/mol. The van der Waals surface area contributed by atoms with Crippen molar-refractivity contribution in [2.75, 3.05) is 17.4 Å². The van der Waals surface area contributed by atoms with Crippen molar-refractivity contribution in [3.8, 4) is 0 Å². The molecule has 0 spiro atoms. The van der Waals surface area contributed by atoms with E-state index in [1.807, 2.05) is 13.8 Å². The van der Waals surface area contributed by atoms with Crippen molar-refractivity contribution in [1.82, 2.24) is 10.2 Å². The molecule has 3 rings (SSSR count). The van der Waals surface area contributed by atoms with Gasteiger partial charge in [-0.1, -0.05) is 90.6 Å². The fourth-order valence-electron chi connectivity index (χ4n) is 3.79. The van der Waals surface area contributed by atoms with E-state index in [4.69, 9.17) is 46.4 Å². The average molecular weight is 645 g/mol. The van der Waals surface area contributed by atoms with Gasteiger partial charge in [-0.05, 0) is 54.8 Å². The maximum Gasteiger partial charge on any atom is 0.264 e. The maximum absolute atomic E-state index is 14.0. The Labute approximate surface area is 255 Å². The molecule has 0 aliphatic carbocycles. The molecule has 0 radical (unpaired) electrons. The van der Waals surface area contributed by atoms with Crippen LogP contribution in [0.2, 0.25) is 20.1 Å². The summed E-state index contributed by atoms with van der Waals surface area (Å²) in [6, 6.07) is 16.0. The molecule has 3 aromatic rings. The fourth-order valence-corrected chi connectivity index (χ4v) is 6.15. The van der Waals surface area contributed by atoms with Crippen LogP contribution in [0.25, 0.3) is 0 Å². The molecule has 0 saturated carbocycles. The van der Waals surface area contributed by atoms with E-state index < -0.39 is 34.4 Å². The van der Waals surface area contributed by atoms with Crippen LogP contribution in [0.5, 0.6) is 0 Å². The fraction of sp³-hybridized carbons (Fsp3) is 0.286. The summed E-state index contributed by atoms with van der Waals surface area (Å²) in [4.78, 5) is 28.3. The number of anilines is 1. The zero-order valence-electron chi connectivity index (χ0n) is 22.1. The highest BCUT2D eigenvalue weighted by atomic mass is 35.5. The lowest BCUT2D eigenvalue weighted by molar-refractivity contribution is -0.139. The Bertz CT molecular complexity index is 1470. The Morgan fingerprint density at radius 2 is 1.55 bits per heavy atom. The van der Waals surface area contributed by atoms with Gasteiger partial charge in [-0.2, -0.15) is 0 Å². The minimum Gasteiger partial charge on any atom is -0.354 e. The molecular formula is C28H29Cl4N3O4S. The molecule has 0 heterocycles. The number of carbonyl (C=O) groups excluding carboxylic acids is 2. The molecule has 1 atom stereocenters. The number of benzene rings is 3. The first-order valence-electron chi connectivity index (χ1n) is 12.4. The Morgan fingerprint density at radius 1 is 0.875 bits per heavy atom. The van der Waals surface area contributed by atoms with E-state index in [-0.39, 0.29) is 33.1 Å². The van der Waals surface area contributed by atoms with Crippen molar-refractivity contribution in [2.45, 2.75) is 38.3 Å². The van der Waals surface area contributed by atoms with Gasteiger partial charge in [0.15, 0.2) is 0 Å². The number of nitrogens with one attached hydrogen (secondary N) is 1. The predicted molar refractivity (Wildman–Crippen MR) is 162 cm³/mol. The minimum absolute atomic E-state index is 0.0211. The summed E-state index contributed by atoms with van der Waals surface area (Å²) in [7, 11) is -4.28. The number of sulfonamides is 1. The van der Waals surface area contributed by atoms with Crippen LogP contribution in [0.15, 0.2) is 71.6 Å². The highest BCUT2D eigenvalue weighted by molar-refractivity contribution is 7.92. The quantitative estimate of drug-likeness (QED) is 0.252.